The molecule has 0 aliphatic rings. The minimum absolute atomic E-state index is 0.169. The van der Waals surface area contributed by atoms with Crippen LogP contribution in [0.1, 0.15) is 10.6 Å². The number of fused-ring (bicyclic) bond motifs is 1. The molecule has 0 saturated heterocycles. The number of halogens is 2. The van der Waals surface area contributed by atoms with E-state index in [9.17, 15) is 14.0 Å². The fraction of sp³-hybridized carbons (Fsp3) is 0.133. The lowest BCUT2D eigenvalue weighted by molar-refractivity contribution is 0.0923. The van der Waals surface area contributed by atoms with Gasteiger partial charge in [0.15, 0.2) is 10.4 Å². The first-order valence-corrected chi connectivity index (χ1v) is 7.52. The predicted molar refractivity (Wildman–Crippen MR) is 84.7 cm³/mol. The first-order chi connectivity index (χ1) is 11.0. The molecule has 0 fully saturated rings. The molecule has 0 radical (unpaired) electrons. The second-order valence-electron chi connectivity index (χ2n) is 4.76. The summed E-state index contributed by atoms with van der Waals surface area (Å²) in [7, 11) is 0. The number of rotatable bonds is 4. The molecule has 2 aromatic heterocycles. The summed E-state index contributed by atoms with van der Waals surface area (Å²) in [6, 6.07) is 7.00. The molecule has 23 heavy (non-hydrogen) atoms. The van der Waals surface area contributed by atoms with Crippen LogP contribution in [0.15, 0.2) is 50.5 Å². The summed E-state index contributed by atoms with van der Waals surface area (Å²) in [6.07, 6.45) is 1.37. The Hall–Kier alpha value is -2.48. The third-order valence-corrected chi connectivity index (χ3v) is 3.65. The minimum Gasteiger partial charge on any atom is -0.444 e. The van der Waals surface area contributed by atoms with Gasteiger partial charge in [0.2, 0.25) is 0 Å². The smallest absolute Gasteiger partial charge is 0.287 e. The summed E-state index contributed by atoms with van der Waals surface area (Å²) >= 11 is 3.11. The summed E-state index contributed by atoms with van der Waals surface area (Å²) in [5, 5.41) is 2.83. The van der Waals surface area contributed by atoms with E-state index in [2.05, 4.69) is 26.2 Å². The molecule has 8 heteroatoms. The molecule has 0 unspecified atom stereocenters. The number of furan rings is 1. The molecule has 118 valence electrons. The molecule has 0 aliphatic carbocycles. The standard InChI is InChI=1S/C15H11BrFN3O3/c16-13-4-3-12(23-13)14(21)18-5-6-20-8-19-11-2-1-9(17)7-10(11)15(20)22/h1-4,7-8H,5-6H2,(H,18,21). The molecule has 0 atom stereocenters. The number of amides is 1. The highest BCUT2D eigenvalue weighted by Gasteiger charge is 2.10. The Morgan fingerprint density at radius 1 is 1.35 bits per heavy atom. The second kappa shape index (κ2) is 6.33. The van der Waals surface area contributed by atoms with Gasteiger partial charge in [-0.05, 0) is 46.3 Å². The van der Waals surface area contributed by atoms with Crippen molar-refractivity contribution >= 4 is 32.7 Å². The van der Waals surface area contributed by atoms with E-state index in [1.54, 1.807) is 6.07 Å². The summed E-state index contributed by atoms with van der Waals surface area (Å²) in [5.41, 5.74) is 0.0709. The van der Waals surface area contributed by atoms with Gasteiger partial charge in [-0.2, -0.15) is 0 Å². The molecule has 3 aromatic rings. The molecular formula is C15H11BrFN3O3. The van der Waals surface area contributed by atoms with Gasteiger partial charge in [0.1, 0.15) is 5.82 Å². The van der Waals surface area contributed by atoms with Crippen molar-refractivity contribution in [3.63, 3.8) is 0 Å². The van der Waals surface area contributed by atoms with E-state index in [1.807, 2.05) is 0 Å². The molecule has 6 nitrogen and oxygen atoms in total. The fourth-order valence-corrected chi connectivity index (χ4v) is 2.41. The van der Waals surface area contributed by atoms with Crippen molar-refractivity contribution < 1.29 is 13.6 Å². The van der Waals surface area contributed by atoms with Crippen molar-refractivity contribution in [3.05, 3.63) is 63.3 Å². The molecule has 0 bridgehead atoms. The molecule has 2 heterocycles. The number of carbonyl (C=O) groups is 1. The molecular weight excluding hydrogens is 369 g/mol. The Morgan fingerprint density at radius 2 is 2.17 bits per heavy atom. The average molecular weight is 380 g/mol. The van der Waals surface area contributed by atoms with Crippen LogP contribution in [0.25, 0.3) is 10.9 Å². The molecule has 0 saturated carbocycles. The van der Waals surface area contributed by atoms with E-state index < -0.39 is 5.82 Å². The number of aromatic nitrogens is 2. The number of nitrogens with one attached hydrogen (secondary N) is 1. The molecule has 0 aliphatic heterocycles. The minimum atomic E-state index is -0.495. The maximum atomic E-state index is 13.2. The van der Waals surface area contributed by atoms with Gasteiger partial charge in [0, 0.05) is 13.1 Å². The monoisotopic (exact) mass is 379 g/mol. The fourth-order valence-electron chi connectivity index (χ4n) is 2.10. The van der Waals surface area contributed by atoms with Crippen molar-refractivity contribution in [3.8, 4) is 0 Å². The van der Waals surface area contributed by atoms with E-state index in [0.29, 0.717) is 10.2 Å². The lowest BCUT2D eigenvalue weighted by Crippen LogP contribution is -2.30. The lowest BCUT2D eigenvalue weighted by atomic mass is 10.2. The normalized spacial score (nSPS) is 10.9. The number of benzene rings is 1. The number of carbonyl (C=O) groups excluding carboxylic acids is 1. The van der Waals surface area contributed by atoms with E-state index in [1.165, 1.54) is 29.1 Å². The highest BCUT2D eigenvalue weighted by Crippen LogP contribution is 2.13. The Kier molecular flexibility index (Phi) is 4.24. The van der Waals surface area contributed by atoms with Crippen LogP contribution in [0.4, 0.5) is 4.39 Å². The lowest BCUT2D eigenvalue weighted by Gasteiger charge is -2.07. The van der Waals surface area contributed by atoms with Gasteiger partial charge in [0.25, 0.3) is 11.5 Å². The van der Waals surface area contributed by atoms with Gasteiger partial charge in [-0.25, -0.2) is 9.37 Å². The van der Waals surface area contributed by atoms with Gasteiger partial charge in [-0.1, -0.05) is 0 Å². The first-order valence-electron chi connectivity index (χ1n) is 6.73. The number of hydrogen-bond acceptors (Lipinski definition) is 4. The van der Waals surface area contributed by atoms with Gasteiger partial charge >= 0.3 is 0 Å². The van der Waals surface area contributed by atoms with E-state index in [0.717, 1.165) is 6.07 Å². The molecule has 1 aromatic carbocycles. The zero-order valence-electron chi connectivity index (χ0n) is 11.8. The quantitative estimate of drug-likeness (QED) is 0.754. The maximum Gasteiger partial charge on any atom is 0.287 e. The van der Waals surface area contributed by atoms with Crippen LogP contribution in [-0.2, 0) is 6.54 Å². The highest BCUT2D eigenvalue weighted by molar-refractivity contribution is 9.10. The summed E-state index contributed by atoms with van der Waals surface area (Å²) < 4.78 is 20.2. The maximum absolute atomic E-state index is 13.2. The molecule has 1 amide bonds. The van der Waals surface area contributed by atoms with Crippen LogP contribution in [0, 0.1) is 5.82 Å². The molecule has 1 N–H and O–H groups in total. The van der Waals surface area contributed by atoms with E-state index in [-0.39, 0.29) is 35.7 Å². The van der Waals surface area contributed by atoms with Crippen LogP contribution < -0.4 is 10.9 Å². The summed E-state index contributed by atoms with van der Waals surface area (Å²) in [4.78, 5) is 28.2. The van der Waals surface area contributed by atoms with Crippen molar-refractivity contribution in [2.75, 3.05) is 6.54 Å². The average Bonchev–Trinajstić information content (AvgIpc) is 2.96. The molecule has 0 spiro atoms. The topological polar surface area (TPSA) is 77.1 Å². The zero-order valence-corrected chi connectivity index (χ0v) is 13.3. The third-order valence-electron chi connectivity index (χ3n) is 3.22. The largest absolute Gasteiger partial charge is 0.444 e. The van der Waals surface area contributed by atoms with Gasteiger partial charge < -0.3 is 9.73 Å². The van der Waals surface area contributed by atoms with Crippen LogP contribution in [-0.4, -0.2) is 22.0 Å². The Bertz CT molecular complexity index is 935. The predicted octanol–water partition coefficient (Wildman–Crippen LogP) is 2.32. The first kappa shape index (κ1) is 15.4. The van der Waals surface area contributed by atoms with Crippen LogP contribution in [0.2, 0.25) is 0 Å². The molecule has 3 rings (SSSR count). The van der Waals surface area contributed by atoms with Crippen LogP contribution in [0.3, 0.4) is 0 Å². The van der Waals surface area contributed by atoms with Gasteiger partial charge in [0.05, 0.1) is 17.2 Å². The van der Waals surface area contributed by atoms with Gasteiger partial charge in [-0.3, -0.25) is 14.2 Å². The second-order valence-corrected chi connectivity index (χ2v) is 5.55. The van der Waals surface area contributed by atoms with Crippen LogP contribution >= 0.6 is 15.9 Å². The van der Waals surface area contributed by atoms with E-state index >= 15 is 0 Å². The highest BCUT2D eigenvalue weighted by atomic mass is 79.9. The van der Waals surface area contributed by atoms with Gasteiger partial charge in [-0.15, -0.1) is 0 Å². The van der Waals surface area contributed by atoms with Crippen molar-refractivity contribution in [2.45, 2.75) is 6.54 Å². The summed E-state index contributed by atoms with van der Waals surface area (Å²) in [5.74, 6) is -0.711. The SMILES string of the molecule is O=C(NCCn1cnc2ccc(F)cc2c1=O)c1ccc(Br)o1. The number of hydrogen-bond donors (Lipinski definition) is 1. The van der Waals surface area contributed by atoms with Crippen molar-refractivity contribution in [1.82, 2.24) is 14.9 Å². The Balaban J connectivity index is 1.71. The van der Waals surface area contributed by atoms with E-state index in [4.69, 9.17) is 4.42 Å². The Morgan fingerprint density at radius 3 is 2.91 bits per heavy atom. The van der Waals surface area contributed by atoms with Crippen molar-refractivity contribution in [1.29, 1.82) is 0 Å². The Labute approximate surface area is 138 Å². The van der Waals surface area contributed by atoms with Crippen molar-refractivity contribution in [2.24, 2.45) is 0 Å². The summed E-state index contributed by atoms with van der Waals surface area (Å²) in [6.45, 7) is 0.422. The zero-order chi connectivity index (χ0) is 16.4. The third kappa shape index (κ3) is 3.31. The van der Waals surface area contributed by atoms with Crippen LogP contribution in [0.5, 0.6) is 0 Å². The number of nitrogens with zero attached hydrogens (tertiary/aromatic N) is 2.